The number of hydrogen-bond acceptors (Lipinski definition) is 4. The van der Waals surface area contributed by atoms with E-state index in [4.69, 9.17) is 11.6 Å². The summed E-state index contributed by atoms with van der Waals surface area (Å²) in [7, 11) is -2.12. The summed E-state index contributed by atoms with van der Waals surface area (Å²) in [4.78, 5) is 0. The van der Waals surface area contributed by atoms with Crippen LogP contribution in [0.3, 0.4) is 0 Å². The second kappa shape index (κ2) is 6.12. The van der Waals surface area contributed by atoms with Gasteiger partial charge in [-0.1, -0.05) is 18.6 Å². The maximum atomic E-state index is 11.9. The molecule has 0 aromatic carbocycles. The van der Waals surface area contributed by atoms with E-state index in [-0.39, 0.29) is 21.6 Å². The third kappa shape index (κ3) is 3.90. The number of nitrogens with zero attached hydrogens (tertiary/aromatic N) is 3. The molecule has 1 atom stereocenters. The van der Waals surface area contributed by atoms with Crippen molar-refractivity contribution in [2.75, 3.05) is 6.54 Å². The predicted molar refractivity (Wildman–Crippen MR) is 68.4 cm³/mol. The quantitative estimate of drug-likeness (QED) is 0.788. The molecule has 0 aliphatic heterocycles. The maximum Gasteiger partial charge on any atom is 0.260 e. The van der Waals surface area contributed by atoms with Crippen LogP contribution < -0.4 is 4.72 Å². The van der Waals surface area contributed by atoms with Crippen molar-refractivity contribution in [3.05, 3.63) is 4.60 Å². The number of halogens is 2. The van der Waals surface area contributed by atoms with Crippen LogP contribution in [0.25, 0.3) is 0 Å². The smallest absolute Gasteiger partial charge is 0.235 e. The Labute approximate surface area is 114 Å². The Morgan fingerprint density at radius 1 is 1.59 bits per heavy atom. The SMILES string of the molecule is CCCC(Cl)CNS(=O)(=O)c1c(Br)nnn1C. The van der Waals surface area contributed by atoms with E-state index in [0.29, 0.717) is 0 Å². The van der Waals surface area contributed by atoms with Gasteiger partial charge in [0.1, 0.15) is 0 Å². The molecule has 98 valence electrons. The van der Waals surface area contributed by atoms with Gasteiger partial charge < -0.3 is 0 Å². The molecular weight excluding hydrogens is 332 g/mol. The van der Waals surface area contributed by atoms with Gasteiger partial charge in [0.2, 0.25) is 5.03 Å². The average molecular weight is 346 g/mol. The molecule has 9 heteroatoms. The highest BCUT2D eigenvalue weighted by Gasteiger charge is 2.24. The van der Waals surface area contributed by atoms with E-state index in [2.05, 4.69) is 31.0 Å². The van der Waals surface area contributed by atoms with Crippen LogP contribution in [0.4, 0.5) is 0 Å². The fourth-order valence-corrected chi connectivity index (χ4v) is 3.85. The fraction of sp³-hybridized carbons (Fsp3) is 0.750. The normalized spacial score (nSPS) is 13.9. The first kappa shape index (κ1) is 14.9. The molecule has 0 radical (unpaired) electrons. The molecule has 6 nitrogen and oxygen atoms in total. The van der Waals surface area contributed by atoms with Gasteiger partial charge in [0.25, 0.3) is 10.0 Å². The van der Waals surface area contributed by atoms with Crippen molar-refractivity contribution in [2.45, 2.75) is 30.2 Å². The molecule has 1 heterocycles. The van der Waals surface area contributed by atoms with E-state index < -0.39 is 10.0 Å². The zero-order valence-corrected chi connectivity index (χ0v) is 12.7. The molecule has 1 N–H and O–H groups in total. The summed E-state index contributed by atoms with van der Waals surface area (Å²) in [5, 5.41) is 7.02. The zero-order valence-electron chi connectivity index (χ0n) is 9.52. The lowest BCUT2D eigenvalue weighted by Crippen LogP contribution is -2.31. The van der Waals surface area contributed by atoms with Crippen LogP contribution in [0.2, 0.25) is 0 Å². The zero-order chi connectivity index (χ0) is 13.1. The van der Waals surface area contributed by atoms with E-state index in [9.17, 15) is 8.42 Å². The number of aromatic nitrogens is 3. The molecule has 17 heavy (non-hydrogen) atoms. The van der Waals surface area contributed by atoms with Crippen LogP contribution in [0.5, 0.6) is 0 Å². The molecule has 0 aliphatic rings. The molecule has 0 saturated heterocycles. The van der Waals surface area contributed by atoms with Gasteiger partial charge >= 0.3 is 0 Å². The van der Waals surface area contributed by atoms with Crippen molar-refractivity contribution in [2.24, 2.45) is 7.05 Å². The standard InChI is InChI=1S/C8H14BrClN4O2S/c1-3-4-6(10)5-11-17(15,16)8-7(9)12-13-14(8)2/h6,11H,3-5H2,1-2H3. The highest BCUT2D eigenvalue weighted by atomic mass is 79.9. The molecule has 0 fully saturated rings. The van der Waals surface area contributed by atoms with E-state index in [1.807, 2.05) is 6.92 Å². The lowest BCUT2D eigenvalue weighted by atomic mass is 10.2. The van der Waals surface area contributed by atoms with Crippen molar-refractivity contribution in [3.8, 4) is 0 Å². The highest BCUT2D eigenvalue weighted by Crippen LogP contribution is 2.17. The number of nitrogens with one attached hydrogen (secondary N) is 1. The van der Waals surface area contributed by atoms with Gasteiger partial charge in [0.05, 0.1) is 0 Å². The number of sulfonamides is 1. The summed E-state index contributed by atoms with van der Waals surface area (Å²) in [5.41, 5.74) is 0. The topological polar surface area (TPSA) is 76.9 Å². The fourth-order valence-electron chi connectivity index (χ4n) is 1.29. The van der Waals surface area contributed by atoms with Crippen molar-refractivity contribution in [1.82, 2.24) is 19.7 Å². The summed E-state index contributed by atoms with van der Waals surface area (Å²) in [6.45, 7) is 2.18. The number of aryl methyl sites for hydroxylation is 1. The number of hydrogen-bond donors (Lipinski definition) is 1. The van der Waals surface area contributed by atoms with Crippen LogP contribution >= 0.6 is 27.5 Å². The first-order chi connectivity index (χ1) is 7.88. The third-order valence-electron chi connectivity index (χ3n) is 2.09. The summed E-state index contributed by atoms with van der Waals surface area (Å²) >= 11 is 9.00. The predicted octanol–water partition coefficient (Wildman–Crippen LogP) is 1.26. The first-order valence-electron chi connectivity index (χ1n) is 5.07. The summed E-state index contributed by atoms with van der Waals surface area (Å²) in [6.07, 6.45) is 1.67. The van der Waals surface area contributed by atoms with E-state index in [1.54, 1.807) is 0 Å². The van der Waals surface area contributed by atoms with E-state index >= 15 is 0 Å². The first-order valence-corrected chi connectivity index (χ1v) is 7.78. The Morgan fingerprint density at radius 3 is 2.71 bits per heavy atom. The number of rotatable bonds is 6. The lowest BCUT2D eigenvalue weighted by Gasteiger charge is -2.10. The van der Waals surface area contributed by atoms with Gasteiger partial charge in [-0.2, -0.15) is 0 Å². The van der Waals surface area contributed by atoms with Crippen LogP contribution in [0.15, 0.2) is 9.63 Å². The summed E-state index contributed by atoms with van der Waals surface area (Å²) < 4.78 is 27.7. The number of alkyl halides is 1. The van der Waals surface area contributed by atoms with Crippen LogP contribution in [0.1, 0.15) is 19.8 Å². The molecule has 1 unspecified atom stereocenters. The Bertz CT molecular complexity index is 456. The molecular formula is C8H14BrClN4O2S. The van der Waals surface area contributed by atoms with Gasteiger partial charge in [-0.05, 0) is 22.4 Å². The molecule has 1 aromatic heterocycles. The van der Waals surface area contributed by atoms with Crippen molar-refractivity contribution in [1.29, 1.82) is 0 Å². The van der Waals surface area contributed by atoms with Crippen molar-refractivity contribution >= 4 is 37.6 Å². The van der Waals surface area contributed by atoms with Gasteiger partial charge in [-0.3, -0.25) is 0 Å². The molecule has 0 spiro atoms. The van der Waals surface area contributed by atoms with E-state index in [1.165, 1.54) is 11.7 Å². The minimum absolute atomic E-state index is 0.00198. The van der Waals surface area contributed by atoms with Gasteiger partial charge in [0, 0.05) is 19.0 Å². The molecule has 0 aliphatic carbocycles. The molecule has 1 aromatic rings. The Morgan fingerprint density at radius 2 is 2.24 bits per heavy atom. The van der Waals surface area contributed by atoms with Crippen LogP contribution in [-0.2, 0) is 17.1 Å². The third-order valence-corrected chi connectivity index (χ3v) is 4.77. The molecule has 0 saturated carbocycles. The Balaban J connectivity index is 2.76. The molecule has 1 rings (SSSR count). The molecule has 0 bridgehead atoms. The minimum atomic E-state index is -3.64. The van der Waals surface area contributed by atoms with Gasteiger partial charge in [-0.25, -0.2) is 17.8 Å². The second-order valence-corrected chi connectivity index (χ2v) is 6.60. The second-order valence-electron chi connectivity index (χ2n) is 3.55. The minimum Gasteiger partial charge on any atom is -0.235 e. The maximum absolute atomic E-state index is 11.9. The summed E-state index contributed by atoms with van der Waals surface area (Å²) in [6, 6.07) is 0. The van der Waals surface area contributed by atoms with Crippen molar-refractivity contribution < 1.29 is 8.42 Å². The lowest BCUT2D eigenvalue weighted by molar-refractivity contribution is 0.557. The average Bonchev–Trinajstić information content (AvgIpc) is 2.57. The summed E-state index contributed by atoms with van der Waals surface area (Å²) in [5.74, 6) is 0. The molecule has 0 amide bonds. The Hall–Kier alpha value is -0.180. The van der Waals surface area contributed by atoms with Crippen molar-refractivity contribution in [3.63, 3.8) is 0 Å². The van der Waals surface area contributed by atoms with Gasteiger partial charge in [0.15, 0.2) is 4.60 Å². The van der Waals surface area contributed by atoms with Crippen LogP contribution in [0, 0.1) is 0 Å². The monoisotopic (exact) mass is 344 g/mol. The van der Waals surface area contributed by atoms with Crippen LogP contribution in [-0.4, -0.2) is 35.3 Å². The largest absolute Gasteiger partial charge is 0.260 e. The Kier molecular flexibility index (Phi) is 5.36. The highest BCUT2D eigenvalue weighted by molar-refractivity contribution is 9.10. The van der Waals surface area contributed by atoms with Gasteiger partial charge in [-0.15, -0.1) is 16.7 Å². The van der Waals surface area contributed by atoms with E-state index in [0.717, 1.165) is 12.8 Å².